The highest BCUT2D eigenvalue weighted by Crippen LogP contribution is 2.09. The summed E-state index contributed by atoms with van der Waals surface area (Å²) in [5.74, 6) is -0.830. The molecule has 0 unspecified atom stereocenters. The first-order valence-electron chi connectivity index (χ1n) is 6.24. The SMILES string of the molecule is CN(C)C(=NS(C)(=O)=O)c1ccc(C(=O)NCC(N)=O)cc1. The summed E-state index contributed by atoms with van der Waals surface area (Å²) in [6, 6.07) is 6.16. The molecule has 0 fully saturated rings. The molecular formula is C13H18N4O4S. The largest absolute Gasteiger partial charge is 0.368 e. The summed E-state index contributed by atoms with van der Waals surface area (Å²) in [7, 11) is -0.217. The molecule has 1 aromatic rings. The van der Waals surface area contributed by atoms with Crippen LogP contribution in [0.15, 0.2) is 28.7 Å². The van der Waals surface area contributed by atoms with Crippen molar-refractivity contribution in [2.24, 2.45) is 10.1 Å². The second-order valence-corrected chi connectivity index (χ2v) is 6.42. The number of sulfonamides is 1. The van der Waals surface area contributed by atoms with Gasteiger partial charge >= 0.3 is 0 Å². The summed E-state index contributed by atoms with van der Waals surface area (Å²) >= 11 is 0. The Labute approximate surface area is 129 Å². The van der Waals surface area contributed by atoms with E-state index in [0.29, 0.717) is 11.1 Å². The summed E-state index contributed by atoms with van der Waals surface area (Å²) < 4.78 is 26.3. The molecule has 0 aliphatic carbocycles. The van der Waals surface area contributed by atoms with Crippen LogP contribution < -0.4 is 11.1 Å². The van der Waals surface area contributed by atoms with Crippen molar-refractivity contribution >= 4 is 27.7 Å². The van der Waals surface area contributed by atoms with Crippen molar-refractivity contribution in [1.82, 2.24) is 10.2 Å². The number of nitrogens with one attached hydrogen (secondary N) is 1. The van der Waals surface area contributed by atoms with Gasteiger partial charge in [-0.25, -0.2) is 8.42 Å². The summed E-state index contributed by atoms with van der Waals surface area (Å²) in [4.78, 5) is 23.9. The molecule has 1 rings (SSSR count). The fourth-order valence-corrected chi connectivity index (χ4v) is 2.17. The maximum atomic E-state index is 11.7. The van der Waals surface area contributed by atoms with Crippen LogP contribution in [0.5, 0.6) is 0 Å². The zero-order valence-electron chi connectivity index (χ0n) is 12.5. The van der Waals surface area contributed by atoms with E-state index in [2.05, 4.69) is 9.71 Å². The highest BCUT2D eigenvalue weighted by Gasteiger charge is 2.12. The third kappa shape index (κ3) is 5.52. The molecule has 3 N–H and O–H groups in total. The molecule has 0 aliphatic heterocycles. The summed E-state index contributed by atoms with van der Waals surface area (Å²) in [5.41, 5.74) is 5.81. The molecule has 0 saturated heterocycles. The van der Waals surface area contributed by atoms with Crippen LogP contribution in [0.4, 0.5) is 0 Å². The van der Waals surface area contributed by atoms with Gasteiger partial charge in [0, 0.05) is 25.2 Å². The standard InChI is InChI=1S/C13H18N4O4S/c1-17(2)12(16-22(3,20)21)9-4-6-10(7-5-9)13(19)15-8-11(14)18/h4-7H,8H2,1-3H3,(H2,14,18)(H,15,19). The van der Waals surface area contributed by atoms with E-state index < -0.39 is 21.8 Å². The second kappa shape index (κ2) is 7.03. The number of carbonyl (C=O) groups is 2. The Balaban J connectivity index is 3.02. The Morgan fingerprint density at radius 3 is 2.09 bits per heavy atom. The highest BCUT2D eigenvalue weighted by molar-refractivity contribution is 7.89. The van der Waals surface area contributed by atoms with Crippen molar-refractivity contribution in [3.63, 3.8) is 0 Å². The number of benzene rings is 1. The maximum absolute atomic E-state index is 11.7. The minimum Gasteiger partial charge on any atom is -0.368 e. The molecule has 22 heavy (non-hydrogen) atoms. The lowest BCUT2D eigenvalue weighted by Crippen LogP contribution is -2.33. The Morgan fingerprint density at radius 2 is 1.68 bits per heavy atom. The molecule has 2 amide bonds. The Hall–Kier alpha value is -2.42. The predicted octanol–water partition coefficient (Wildman–Crippen LogP) is -0.830. The molecule has 1 aromatic carbocycles. The van der Waals surface area contributed by atoms with Crippen LogP contribution in [-0.4, -0.2) is 57.9 Å². The molecule has 0 radical (unpaired) electrons. The number of amidine groups is 1. The highest BCUT2D eigenvalue weighted by atomic mass is 32.2. The van der Waals surface area contributed by atoms with Crippen LogP contribution in [0.1, 0.15) is 15.9 Å². The molecule has 0 bridgehead atoms. The van der Waals surface area contributed by atoms with Gasteiger partial charge in [0.1, 0.15) is 5.84 Å². The van der Waals surface area contributed by atoms with E-state index in [1.54, 1.807) is 31.1 Å². The lowest BCUT2D eigenvalue weighted by atomic mass is 10.1. The molecule has 0 aliphatic rings. The quantitative estimate of drug-likeness (QED) is 0.540. The van der Waals surface area contributed by atoms with E-state index in [0.717, 1.165) is 6.26 Å². The molecule has 0 heterocycles. The maximum Gasteiger partial charge on any atom is 0.252 e. The fourth-order valence-electron chi connectivity index (χ4n) is 1.59. The number of nitrogens with zero attached hydrogens (tertiary/aromatic N) is 2. The van der Waals surface area contributed by atoms with Crippen LogP contribution in [-0.2, 0) is 14.8 Å². The van der Waals surface area contributed by atoms with Gasteiger partial charge in [0.05, 0.1) is 12.8 Å². The summed E-state index contributed by atoms with van der Waals surface area (Å²) in [5, 5.41) is 2.36. The van der Waals surface area contributed by atoms with E-state index >= 15 is 0 Å². The molecule has 0 atom stereocenters. The van der Waals surface area contributed by atoms with Crippen LogP contribution in [0.25, 0.3) is 0 Å². The van der Waals surface area contributed by atoms with Gasteiger partial charge in [-0.2, -0.15) is 0 Å². The Morgan fingerprint density at radius 1 is 1.18 bits per heavy atom. The first-order valence-corrected chi connectivity index (χ1v) is 8.09. The third-order valence-corrected chi connectivity index (χ3v) is 3.01. The fraction of sp³-hybridized carbons (Fsp3) is 0.308. The minimum atomic E-state index is -3.55. The monoisotopic (exact) mass is 326 g/mol. The van der Waals surface area contributed by atoms with E-state index in [4.69, 9.17) is 5.73 Å². The van der Waals surface area contributed by atoms with Crippen molar-refractivity contribution < 1.29 is 18.0 Å². The van der Waals surface area contributed by atoms with Crippen LogP contribution >= 0.6 is 0 Å². The minimum absolute atomic E-state index is 0.251. The van der Waals surface area contributed by atoms with Crippen molar-refractivity contribution in [3.05, 3.63) is 35.4 Å². The van der Waals surface area contributed by atoms with Gasteiger partial charge in [-0.15, -0.1) is 4.40 Å². The van der Waals surface area contributed by atoms with Crippen LogP contribution in [0, 0.1) is 0 Å². The summed E-state index contributed by atoms with van der Waals surface area (Å²) in [6.07, 6.45) is 1.00. The third-order valence-electron chi connectivity index (χ3n) is 2.50. The average molecular weight is 326 g/mol. The zero-order valence-corrected chi connectivity index (χ0v) is 13.3. The van der Waals surface area contributed by atoms with Crippen molar-refractivity contribution in [2.45, 2.75) is 0 Å². The van der Waals surface area contributed by atoms with Gasteiger partial charge in [0.25, 0.3) is 15.9 Å². The first kappa shape index (κ1) is 17.6. The average Bonchev–Trinajstić information content (AvgIpc) is 2.41. The Bertz CT molecular complexity index is 693. The normalized spacial score (nSPS) is 11.9. The van der Waals surface area contributed by atoms with E-state index in [1.807, 2.05) is 0 Å². The Kier molecular flexibility index (Phi) is 5.63. The van der Waals surface area contributed by atoms with Crippen molar-refractivity contribution in [1.29, 1.82) is 0 Å². The van der Waals surface area contributed by atoms with E-state index in [9.17, 15) is 18.0 Å². The molecular weight excluding hydrogens is 308 g/mol. The van der Waals surface area contributed by atoms with Crippen molar-refractivity contribution in [2.75, 3.05) is 26.9 Å². The number of amides is 2. The zero-order chi connectivity index (χ0) is 16.9. The number of hydrogen-bond donors (Lipinski definition) is 2. The molecule has 9 heteroatoms. The topological polar surface area (TPSA) is 122 Å². The van der Waals surface area contributed by atoms with Crippen LogP contribution in [0.3, 0.4) is 0 Å². The molecule has 8 nitrogen and oxygen atoms in total. The molecule has 120 valence electrons. The van der Waals surface area contributed by atoms with Crippen molar-refractivity contribution in [3.8, 4) is 0 Å². The molecule has 0 spiro atoms. The van der Waals surface area contributed by atoms with E-state index in [-0.39, 0.29) is 12.4 Å². The number of hydrogen-bond acceptors (Lipinski definition) is 4. The van der Waals surface area contributed by atoms with Gasteiger partial charge in [0.15, 0.2) is 0 Å². The van der Waals surface area contributed by atoms with Gasteiger partial charge < -0.3 is 16.0 Å². The lowest BCUT2D eigenvalue weighted by molar-refractivity contribution is -0.117. The first-order chi connectivity index (χ1) is 10.1. The number of carbonyl (C=O) groups excluding carboxylic acids is 2. The molecule has 0 saturated carbocycles. The van der Waals surface area contributed by atoms with E-state index in [1.165, 1.54) is 12.1 Å². The number of primary amides is 1. The smallest absolute Gasteiger partial charge is 0.252 e. The predicted molar refractivity (Wildman–Crippen MR) is 83.0 cm³/mol. The number of rotatable bonds is 5. The van der Waals surface area contributed by atoms with Gasteiger partial charge in [-0.05, 0) is 12.1 Å². The van der Waals surface area contributed by atoms with Gasteiger partial charge in [0.2, 0.25) is 5.91 Å². The molecule has 0 aromatic heterocycles. The van der Waals surface area contributed by atoms with Crippen LogP contribution in [0.2, 0.25) is 0 Å². The second-order valence-electron chi connectivity index (χ2n) is 4.77. The lowest BCUT2D eigenvalue weighted by Gasteiger charge is -2.15. The van der Waals surface area contributed by atoms with Gasteiger partial charge in [-0.1, -0.05) is 12.1 Å². The van der Waals surface area contributed by atoms with Gasteiger partial charge in [-0.3, -0.25) is 9.59 Å². The summed E-state index contributed by atoms with van der Waals surface area (Å²) in [6.45, 7) is -0.251. The number of nitrogens with two attached hydrogens (primary N) is 1.